The molecule has 0 aliphatic carbocycles. The highest BCUT2D eigenvalue weighted by Crippen LogP contribution is 2.36. The van der Waals surface area contributed by atoms with Crippen molar-refractivity contribution in [2.24, 2.45) is 0 Å². The van der Waals surface area contributed by atoms with E-state index in [-0.39, 0.29) is 12.2 Å². The molecule has 0 aliphatic heterocycles. The molecule has 11 heteroatoms. The van der Waals surface area contributed by atoms with Crippen LogP contribution in [0.4, 0.5) is 17.6 Å². The lowest BCUT2D eigenvalue weighted by molar-refractivity contribution is -0.605. The minimum absolute atomic E-state index is 0.265. The quantitative estimate of drug-likeness (QED) is 0.103. The zero-order chi connectivity index (χ0) is 27.2. The van der Waals surface area contributed by atoms with Crippen LogP contribution in [0.5, 0.6) is 11.5 Å². The van der Waals surface area contributed by atoms with Crippen LogP contribution in [-0.4, -0.2) is 24.0 Å². The normalized spacial score (nSPS) is 12.0. The molecule has 1 atom stereocenters. The summed E-state index contributed by atoms with van der Waals surface area (Å²) in [4.78, 5) is 17.3. The average molecular weight is 547 g/mol. The number of carbonyl (C=O) groups is 1. The fourth-order valence-corrected chi connectivity index (χ4v) is 3.97. The Hall–Kier alpha value is -4.18. The third-order valence-electron chi connectivity index (χ3n) is 5.63. The van der Waals surface area contributed by atoms with Gasteiger partial charge in [-0.25, -0.2) is 0 Å². The van der Waals surface area contributed by atoms with Gasteiger partial charge in [0.1, 0.15) is 0 Å². The van der Waals surface area contributed by atoms with Crippen molar-refractivity contribution in [2.75, 3.05) is 0 Å². The SMILES string of the molecule is O=C(c1ccc(Cl)cc1)c1ccc(C(Cc2cc[n+]([O-])cc2)c2ccc(OC(F)F)c(OC(F)F)c2)nc1. The highest BCUT2D eigenvalue weighted by molar-refractivity contribution is 6.30. The Morgan fingerprint density at radius 1 is 0.868 bits per heavy atom. The Morgan fingerprint density at radius 3 is 2.11 bits per heavy atom. The summed E-state index contributed by atoms with van der Waals surface area (Å²) in [5.41, 5.74) is 2.31. The van der Waals surface area contributed by atoms with Gasteiger partial charge in [-0.3, -0.25) is 9.78 Å². The van der Waals surface area contributed by atoms with Crippen LogP contribution in [0.15, 0.2) is 85.3 Å². The number of alkyl halides is 4. The number of ketones is 1. The number of rotatable bonds is 10. The Balaban J connectivity index is 1.71. The molecule has 0 saturated carbocycles. The van der Waals surface area contributed by atoms with E-state index >= 15 is 0 Å². The molecule has 4 aromatic rings. The topological polar surface area (TPSA) is 75.4 Å². The number of benzene rings is 2. The molecule has 0 amide bonds. The first-order valence-electron chi connectivity index (χ1n) is 11.2. The van der Waals surface area contributed by atoms with Crippen LogP contribution in [0.25, 0.3) is 0 Å². The molecule has 2 aromatic carbocycles. The highest BCUT2D eigenvalue weighted by atomic mass is 35.5. The van der Waals surface area contributed by atoms with E-state index in [1.165, 1.54) is 30.7 Å². The maximum absolute atomic E-state index is 13.0. The molecule has 4 rings (SSSR count). The predicted octanol–water partition coefficient (Wildman–Crippen LogP) is 6.18. The summed E-state index contributed by atoms with van der Waals surface area (Å²) in [6.45, 7) is -6.52. The number of pyridine rings is 2. The number of nitrogens with zero attached hydrogens (tertiary/aromatic N) is 2. The van der Waals surface area contributed by atoms with Crippen molar-refractivity contribution in [1.29, 1.82) is 0 Å². The molecule has 6 nitrogen and oxygen atoms in total. The van der Waals surface area contributed by atoms with Crippen LogP contribution in [0.2, 0.25) is 5.02 Å². The predicted molar refractivity (Wildman–Crippen MR) is 130 cm³/mol. The molecule has 0 bridgehead atoms. The summed E-state index contributed by atoms with van der Waals surface area (Å²) in [5, 5.41) is 11.9. The number of carbonyl (C=O) groups excluding carboxylic acids is 1. The highest BCUT2D eigenvalue weighted by Gasteiger charge is 2.22. The Labute approximate surface area is 219 Å². The van der Waals surface area contributed by atoms with E-state index in [0.717, 1.165) is 11.6 Å². The molecule has 0 spiro atoms. The lowest BCUT2D eigenvalue weighted by Gasteiger charge is -2.20. The Kier molecular flexibility index (Phi) is 8.42. The van der Waals surface area contributed by atoms with Crippen molar-refractivity contribution in [3.63, 3.8) is 0 Å². The summed E-state index contributed by atoms with van der Waals surface area (Å²) in [6.07, 6.45) is 4.26. The van der Waals surface area contributed by atoms with Crippen molar-refractivity contribution in [2.45, 2.75) is 25.6 Å². The summed E-state index contributed by atoms with van der Waals surface area (Å²) < 4.78 is 61.0. The molecule has 2 aromatic heterocycles. The number of halogens is 5. The first kappa shape index (κ1) is 26.9. The Morgan fingerprint density at radius 2 is 1.50 bits per heavy atom. The van der Waals surface area contributed by atoms with Gasteiger partial charge in [0.05, 0.1) is 0 Å². The lowest BCUT2D eigenvalue weighted by Crippen LogP contribution is -2.24. The minimum atomic E-state index is -3.28. The second kappa shape index (κ2) is 11.9. The molecule has 0 N–H and O–H groups in total. The standard InChI is InChI=1S/C27H19ClF4N2O4/c28-20-5-1-17(2-6-20)25(35)19-3-7-22(33-15-19)21(13-16-9-11-34(36)12-10-16)18-4-8-23(37-26(29)30)24(14-18)38-27(31)32/h1-12,14-15,21,26-27H,13H2. The van der Waals surface area contributed by atoms with Crippen LogP contribution in [0, 0.1) is 5.21 Å². The van der Waals surface area contributed by atoms with Gasteiger partial charge in [-0.1, -0.05) is 17.7 Å². The van der Waals surface area contributed by atoms with Gasteiger partial charge in [0.2, 0.25) is 0 Å². The summed E-state index contributed by atoms with van der Waals surface area (Å²) in [6, 6.07) is 16.5. The molecule has 0 fully saturated rings. The zero-order valence-electron chi connectivity index (χ0n) is 19.4. The van der Waals surface area contributed by atoms with Crippen molar-refractivity contribution in [1.82, 2.24) is 4.98 Å². The van der Waals surface area contributed by atoms with Gasteiger partial charge in [-0.2, -0.15) is 22.3 Å². The third-order valence-corrected chi connectivity index (χ3v) is 5.88. The van der Waals surface area contributed by atoms with Gasteiger partial charge in [0, 0.05) is 46.1 Å². The largest absolute Gasteiger partial charge is 0.619 e. The van der Waals surface area contributed by atoms with E-state index in [9.17, 15) is 27.6 Å². The van der Waals surface area contributed by atoms with Gasteiger partial charge in [0.25, 0.3) is 0 Å². The molecule has 0 radical (unpaired) electrons. The molecule has 38 heavy (non-hydrogen) atoms. The zero-order valence-corrected chi connectivity index (χ0v) is 20.2. The Bertz CT molecular complexity index is 1390. The van der Waals surface area contributed by atoms with E-state index in [1.807, 2.05) is 0 Å². The van der Waals surface area contributed by atoms with Gasteiger partial charge in [-0.15, -0.1) is 0 Å². The van der Waals surface area contributed by atoms with Crippen LogP contribution in [0.3, 0.4) is 0 Å². The van der Waals surface area contributed by atoms with Crippen LogP contribution < -0.4 is 14.2 Å². The number of hydrogen-bond donors (Lipinski definition) is 0. The van der Waals surface area contributed by atoms with Crippen LogP contribution in [-0.2, 0) is 6.42 Å². The van der Waals surface area contributed by atoms with Gasteiger partial charge >= 0.3 is 13.2 Å². The van der Waals surface area contributed by atoms with Crippen molar-refractivity contribution < 1.29 is 36.6 Å². The van der Waals surface area contributed by atoms with Crippen LogP contribution in [0.1, 0.15) is 38.7 Å². The molecule has 2 heterocycles. The average Bonchev–Trinajstić information content (AvgIpc) is 2.89. The fraction of sp³-hybridized carbons (Fsp3) is 0.148. The molecule has 196 valence electrons. The lowest BCUT2D eigenvalue weighted by atomic mass is 9.88. The minimum Gasteiger partial charge on any atom is -0.619 e. The second-order valence-electron chi connectivity index (χ2n) is 8.09. The first-order chi connectivity index (χ1) is 18.2. The van der Waals surface area contributed by atoms with E-state index in [0.29, 0.717) is 32.1 Å². The maximum atomic E-state index is 13.0. The first-order valence-corrected chi connectivity index (χ1v) is 11.5. The second-order valence-corrected chi connectivity index (χ2v) is 8.53. The van der Waals surface area contributed by atoms with E-state index in [2.05, 4.69) is 14.5 Å². The number of ether oxygens (including phenoxy) is 2. The summed E-state index contributed by atoms with van der Waals surface area (Å²) in [5.74, 6) is -1.98. The molecule has 0 saturated heterocycles. The van der Waals surface area contributed by atoms with E-state index < -0.39 is 30.6 Å². The molecular weight excluding hydrogens is 528 g/mol. The molecule has 0 aliphatic rings. The van der Waals surface area contributed by atoms with E-state index in [1.54, 1.807) is 48.5 Å². The smallest absolute Gasteiger partial charge is 0.387 e. The maximum Gasteiger partial charge on any atom is 0.387 e. The monoisotopic (exact) mass is 546 g/mol. The van der Waals surface area contributed by atoms with Crippen molar-refractivity contribution >= 4 is 17.4 Å². The van der Waals surface area contributed by atoms with Crippen LogP contribution >= 0.6 is 11.6 Å². The summed E-state index contributed by atoms with van der Waals surface area (Å²) in [7, 11) is 0. The summed E-state index contributed by atoms with van der Waals surface area (Å²) >= 11 is 5.89. The van der Waals surface area contributed by atoms with Gasteiger partial charge in [-0.05, 0) is 66.1 Å². The number of aromatic nitrogens is 2. The van der Waals surface area contributed by atoms with Gasteiger partial charge < -0.3 is 14.7 Å². The fourth-order valence-electron chi connectivity index (χ4n) is 3.85. The van der Waals surface area contributed by atoms with E-state index in [4.69, 9.17) is 11.6 Å². The van der Waals surface area contributed by atoms with Crippen molar-refractivity contribution in [3.8, 4) is 11.5 Å². The van der Waals surface area contributed by atoms with Crippen molar-refractivity contribution in [3.05, 3.63) is 123 Å². The van der Waals surface area contributed by atoms with Gasteiger partial charge in [0.15, 0.2) is 29.7 Å². The number of hydrogen-bond acceptors (Lipinski definition) is 5. The third kappa shape index (κ3) is 6.77. The molecule has 1 unspecified atom stereocenters. The molecular formula is C27H19ClF4N2O4.